The van der Waals surface area contributed by atoms with Crippen LogP contribution in [0, 0.1) is 5.41 Å². The molecule has 0 aliphatic heterocycles. The Bertz CT molecular complexity index is 762. The number of nitrogens with zero attached hydrogens (tertiary/aromatic N) is 3. The van der Waals surface area contributed by atoms with E-state index in [1.165, 1.54) is 24.8 Å². The Labute approximate surface area is 144 Å². The van der Waals surface area contributed by atoms with Crippen molar-refractivity contribution in [3.8, 4) is 5.88 Å². The molecule has 2 N–H and O–H groups in total. The van der Waals surface area contributed by atoms with Crippen LogP contribution in [0.5, 0.6) is 5.88 Å². The van der Waals surface area contributed by atoms with Gasteiger partial charge < -0.3 is 15.4 Å². The van der Waals surface area contributed by atoms with Gasteiger partial charge in [-0.2, -0.15) is 17.5 Å². The summed E-state index contributed by atoms with van der Waals surface area (Å²) < 4.78 is 47.7. The summed E-state index contributed by atoms with van der Waals surface area (Å²) in [4.78, 5) is 20.3. The van der Waals surface area contributed by atoms with Crippen molar-refractivity contribution in [3.63, 3.8) is 0 Å². The average Bonchev–Trinajstić information content (AvgIpc) is 3.22. The number of anilines is 2. The van der Waals surface area contributed by atoms with Crippen LogP contribution in [0.4, 0.5) is 24.7 Å². The molecule has 0 saturated heterocycles. The van der Waals surface area contributed by atoms with E-state index >= 15 is 0 Å². The van der Waals surface area contributed by atoms with Crippen LogP contribution in [0.25, 0.3) is 0 Å². The summed E-state index contributed by atoms with van der Waals surface area (Å²) in [6, 6.07) is 0. The first-order chi connectivity index (χ1) is 11.8. The van der Waals surface area contributed by atoms with E-state index in [0.717, 1.165) is 0 Å². The highest BCUT2D eigenvalue weighted by Crippen LogP contribution is 2.57. The molecule has 0 radical (unpaired) electrons. The highest BCUT2D eigenvalue weighted by Gasteiger charge is 2.63. The predicted molar refractivity (Wildman–Crippen MR) is 84.0 cm³/mol. The molecule has 2 aromatic heterocycles. The summed E-state index contributed by atoms with van der Waals surface area (Å²) in [5, 5.41) is 6.92. The number of hydrogen-bond donors (Lipinski definition) is 2. The minimum Gasteiger partial charge on any atom is -0.479 e. The molecule has 1 saturated carbocycles. The smallest absolute Gasteiger partial charge is 0.396 e. The van der Waals surface area contributed by atoms with Gasteiger partial charge in [0.05, 0.1) is 30.6 Å². The van der Waals surface area contributed by atoms with Crippen molar-refractivity contribution in [1.29, 1.82) is 0 Å². The Kier molecular flexibility index (Phi) is 4.50. The highest BCUT2D eigenvalue weighted by molar-refractivity contribution is 7.04. The standard InChI is InChI=1S/C14H14F3N5O2S/c1-24-12-10(11(23)19-7-13(2-3-13)14(15,16)17)22-9(5-18-12)21-8-4-20-25-6-8/h4-6H,2-3,7H2,1H3,(H,19,23)(H,21,22). The molecule has 1 fully saturated rings. The number of methoxy groups -OCH3 is 1. The summed E-state index contributed by atoms with van der Waals surface area (Å²) in [7, 11) is 1.30. The van der Waals surface area contributed by atoms with Gasteiger partial charge in [-0.3, -0.25) is 4.79 Å². The maximum absolute atomic E-state index is 13.0. The summed E-state index contributed by atoms with van der Waals surface area (Å²) >= 11 is 1.23. The Morgan fingerprint density at radius 2 is 2.16 bits per heavy atom. The molecular formula is C14H14F3N5O2S. The molecule has 1 aliphatic rings. The van der Waals surface area contributed by atoms with Gasteiger partial charge in [-0.25, -0.2) is 9.97 Å². The lowest BCUT2D eigenvalue weighted by Gasteiger charge is -2.19. The molecule has 1 amide bonds. The molecular weight excluding hydrogens is 359 g/mol. The van der Waals surface area contributed by atoms with Gasteiger partial charge in [-0.15, -0.1) is 0 Å². The van der Waals surface area contributed by atoms with Crippen LogP contribution < -0.4 is 15.4 Å². The molecule has 0 aromatic carbocycles. The zero-order chi connectivity index (χ0) is 18.1. The summed E-state index contributed by atoms with van der Waals surface area (Å²) in [5.74, 6) is -0.585. The molecule has 3 rings (SSSR count). The quantitative estimate of drug-likeness (QED) is 0.809. The van der Waals surface area contributed by atoms with Gasteiger partial charge in [0.15, 0.2) is 5.69 Å². The lowest BCUT2D eigenvalue weighted by atomic mass is 10.1. The van der Waals surface area contributed by atoms with Crippen LogP contribution in [0.15, 0.2) is 17.8 Å². The maximum atomic E-state index is 13.0. The van der Waals surface area contributed by atoms with Crippen molar-refractivity contribution in [2.75, 3.05) is 19.0 Å². The predicted octanol–water partition coefficient (Wildman–Crippen LogP) is 2.76. The van der Waals surface area contributed by atoms with Crippen molar-refractivity contribution < 1.29 is 22.7 Å². The van der Waals surface area contributed by atoms with Crippen molar-refractivity contribution in [2.24, 2.45) is 5.41 Å². The number of ether oxygens (including phenoxy) is 1. The Hall–Kier alpha value is -2.43. The molecule has 0 unspecified atom stereocenters. The molecule has 0 bridgehead atoms. The van der Waals surface area contributed by atoms with E-state index in [-0.39, 0.29) is 30.2 Å². The second-order valence-corrected chi connectivity index (χ2v) is 6.27. The van der Waals surface area contributed by atoms with Crippen molar-refractivity contribution in [1.82, 2.24) is 19.7 Å². The molecule has 2 aromatic rings. The van der Waals surface area contributed by atoms with Crippen LogP contribution >= 0.6 is 11.5 Å². The molecule has 0 atom stereocenters. The molecule has 1 aliphatic carbocycles. The number of hydrogen-bond acceptors (Lipinski definition) is 7. The van der Waals surface area contributed by atoms with E-state index in [1.807, 2.05) is 0 Å². The van der Waals surface area contributed by atoms with Crippen LogP contribution in [-0.2, 0) is 0 Å². The topological polar surface area (TPSA) is 89.0 Å². The van der Waals surface area contributed by atoms with E-state index < -0.39 is 24.0 Å². The highest BCUT2D eigenvalue weighted by atomic mass is 32.1. The van der Waals surface area contributed by atoms with E-state index in [9.17, 15) is 18.0 Å². The largest absolute Gasteiger partial charge is 0.479 e. The first-order valence-electron chi connectivity index (χ1n) is 7.27. The molecule has 134 valence electrons. The zero-order valence-corrected chi connectivity index (χ0v) is 13.9. The SMILES string of the molecule is COc1ncc(Nc2cnsc2)nc1C(=O)NCC1(C(F)(F)F)CC1. The second-order valence-electron chi connectivity index (χ2n) is 5.61. The van der Waals surface area contributed by atoms with E-state index in [2.05, 4.69) is 25.0 Å². The van der Waals surface area contributed by atoms with E-state index in [0.29, 0.717) is 5.69 Å². The number of rotatable bonds is 6. The number of carbonyl (C=O) groups is 1. The van der Waals surface area contributed by atoms with Gasteiger partial charge in [0, 0.05) is 11.9 Å². The van der Waals surface area contributed by atoms with E-state index in [1.54, 1.807) is 11.6 Å². The minimum absolute atomic E-state index is 0.00629. The fourth-order valence-electron chi connectivity index (χ4n) is 2.19. The maximum Gasteiger partial charge on any atom is 0.396 e. The van der Waals surface area contributed by atoms with E-state index in [4.69, 9.17) is 4.74 Å². The molecule has 11 heteroatoms. The lowest BCUT2D eigenvalue weighted by molar-refractivity contribution is -0.184. The van der Waals surface area contributed by atoms with Crippen LogP contribution in [0.2, 0.25) is 0 Å². The molecule has 2 heterocycles. The van der Waals surface area contributed by atoms with Gasteiger partial charge in [0.25, 0.3) is 5.91 Å². The van der Waals surface area contributed by atoms with Gasteiger partial charge in [-0.1, -0.05) is 0 Å². The fourth-order valence-corrected chi connectivity index (χ4v) is 2.66. The summed E-state index contributed by atoms with van der Waals surface area (Å²) in [6.07, 6.45) is -1.41. The van der Waals surface area contributed by atoms with Crippen LogP contribution in [0.3, 0.4) is 0 Å². The van der Waals surface area contributed by atoms with Gasteiger partial charge >= 0.3 is 6.18 Å². The van der Waals surface area contributed by atoms with Crippen molar-refractivity contribution >= 4 is 28.9 Å². The Morgan fingerprint density at radius 1 is 1.40 bits per heavy atom. The zero-order valence-electron chi connectivity index (χ0n) is 13.1. The van der Waals surface area contributed by atoms with Crippen molar-refractivity contribution in [2.45, 2.75) is 19.0 Å². The lowest BCUT2D eigenvalue weighted by Crippen LogP contribution is -2.38. The van der Waals surface area contributed by atoms with Gasteiger partial charge in [0.1, 0.15) is 5.82 Å². The third kappa shape index (κ3) is 3.65. The first kappa shape index (κ1) is 17.4. The third-order valence-corrected chi connectivity index (χ3v) is 4.48. The number of amides is 1. The number of aromatic nitrogens is 3. The fraction of sp³-hybridized carbons (Fsp3) is 0.429. The molecule has 7 nitrogen and oxygen atoms in total. The average molecular weight is 373 g/mol. The molecule has 25 heavy (non-hydrogen) atoms. The Morgan fingerprint density at radius 3 is 2.72 bits per heavy atom. The molecule has 0 spiro atoms. The number of alkyl halides is 3. The summed E-state index contributed by atoms with van der Waals surface area (Å²) in [6.45, 7) is -0.494. The first-order valence-corrected chi connectivity index (χ1v) is 8.11. The normalized spacial score (nSPS) is 15.5. The van der Waals surface area contributed by atoms with Gasteiger partial charge in [-0.05, 0) is 24.4 Å². The third-order valence-electron chi connectivity index (χ3n) is 3.89. The van der Waals surface area contributed by atoms with Crippen molar-refractivity contribution in [3.05, 3.63) is 23.5 Å². The Balaban J connectivity index is 1.74. The van der Waals surface area contributed by atoms with Crippen LogP contribution in [-0.4, -0.2) is 40.1 Å². The van der Waals surface area contributed by atoms with Crippen LogP contribution in [0.1, 0.15) is 23.3 Å². The number of nitrogens with one attached hydrogen (secondary N) is 2. The number of carbonyl (C=O) groups excluding carboxylic acids is 1. The number of halogens is 3. The summed E-state index contributed by atoms with van der Waals surface area (Å²) in [5.41, 5.74) is -1.36. The second kappa shape index (κ2) is 6.47. The monoisotopic (exact) mass is 373 g/mol. The minimum atomic E-state index is -4.34. The van der Waals surface area contributed by atoms with Gasteiger partial charge in [0.2, 0.25) is 5.88 Å².